The molecule has 0 radical (unpaired) electrons. The summed E-state index contributed by atoms with van der Waals surface area (Å²) < 4.78 is 0. The molecule has 0 aliphatic heterocycles. The van der Waals surface area contributed by atoms with E-state index >= 15 is 0 Å². The summed E-state index contributed by atoms with van der Waals surface area (Å²) in [4.78, 5) is 0. The third-order valence-corrected chi connectivity index (χ3v) is 0.777. The number of aliphatic hydroxyl groups is 1. The van der Waals surface area contributed by atoms with Gasteiger partial charge in [0.1, 0.15) is 0 Å². The molecule has 3 N–H and O–H groups in total. The molecular formula is C7H12O2. The fourth-order valence-electron chi connectivity index (χ4n) is 0.337. The van der Waals surface area contributed by atoms with Crippen molar-refractivity contribution in [2.45, 2.75) is 0 Å². The molecule has 0 saturated heterocycles. The molecule has 2 heteroatoms. The largest absolute Gasteiger partial charge is 0.412 e. The topological polar surface area (TPSA) is 51.7 Å². The summed E-state index contributed by atoms with van der Waals surface area (Å²) in [5.41, 5.74) is 0.792. The molecule has 0 unspecified atom stereocenters. The molecule has 0 aliphatic carbocycles. The van der Waals surface area contributed by atoms with Gasteiger partial charge in [-0.1, -0.05) is 31.4 Å². The summed E-state index contributed by atoms with van der Waals surface area (Å²) in [6.07, 6.45) is 4.93. The fourth-order valence-corrected chi connectivity index (χ4v) is 0.337. The molecule has 9 heavy (non-hydrogen) atoms. The van der Waals surface area contributed by atoms with Gasteiger partial charge >= 0.3 is 0 Å². The first kappa shape index (κ1) is 11.0. The Morgan fingerprint density at radius 3 is 2.11 bits per heavy atom. The zero-order valence-electron chi connectivity index (χ0n) is 5.30. The fraction of sp³-hybridized carbons (Fsp3) is 0.143. The van der Waals surface area contributed by atoms with Crippen LogP contribution in [0, 0.1) is 0 Å². The van der Waals surface area contributed by atoms with Crippen LogP contribution in [0.1, 0.15) is 0 Å². The van der Waals surface area contributed by atoms with E-state index in [1.54, 1.807) is 18.2 Å². The van der Waals surface area contributed by atoms with Gasteiger partial charge in [-0.15, -0.1) is 0 Å². The molecule has 0 aromatic carbocycles. The quantitative estimate of drug-likeness (QED) is 0.551. The normalized spacial score (nSPS) is 9.67. The van der Waals surface area contributed by atoms with Gasteiger partial charge in [-0.2, -0.15) is 0 Å². The summed E-state index contributed by atoms with van der Waals surface area (Å²) in [5.74, 6) is 0. The van der Waals surface area contributed by atoms with Gasteiger partial charge in [-0.25, -0.2) is 0 Å². The van der Waals surface area contributed by atoms with Crippen LogP contribution in [0.25, 0.3) is 0 Å². The van der Waals surface area contributed by atoms with Crippen LogP contribution in [0.15, 0.2) is 37.0 Å². The zero-order valence-corrected chi connectivity index (χ0v) is 5.30. The van der Waals surface area contributed by atoms with Crippen molar-refractivity contribution in [2.24, 2.45) is 0 Å². The Bertz CT molecular complexity index is 114. The van der Waals surface area contributed by atoms with Gasteiger partial charge < -0.3 is 10.6 Å². The van der Waals surface area contributed by atoms with E-state index in [1.165, 1.54) is 0 Å². The number of hydrogen-bond donors (Lipinski definition) is 1. The minimum absolute atomic E-state index is 0. The van der Waals surface area contributed by atoms with Crippen molar-refractivity contribution in [3.05, 3.63) is 37.0 Å². The van der Waals surface area contributed by atoms with Crippen LogP contribution in [0.4, 0.5) is 0 Å². The van der Waals surface area contributed by atoms with Gasteiger partial charge in [0.25, 0.3) is 0 Å². The highest BCUT2D eigenvalue weighted by molar-refractivity contribution is 5.20. The summed E-state index contributed by atoms with van der Waals surface area (Å²) in [5, 5.41) is 8.47. The smallest absolute Gasteiger partial charge is 0.0681 e. The molecule has 0 bridgehead atoms. The molecule has 0 aromatic heterocycles. The maximum Gasteiger partial charge on any atom is 0.0681 e. The van der Waals surface area contributed by atoms with Crippen molar-refractivity contribution in [1.29, 1.82) is 0 Å². The predicted molar refractivity (Wildman–Crippen MR) is 39.2 cm³/mol. The first-order valence-corrected chi connectivity index (χ1v) is 2.40. The van der Waals surface area contributed by atoms with Crippen LogP contribution in [-0.2, 0) is 0 Å². The summed E-state index contributed by atoms with van der Waals surface area (Å²) >= 11 is 0. The second kappa shape index (κ2) is 7.14. The Morgan fingerprint density at radius 2 is 2.00 bits per heavy atom. The van der Waals surface area contributed by atoms with E-state index < -0.39 is 0 Å². The SMILES string of the molecule is C=C/C=C(\C=C)CO.O. The standard InChI is InChI=1S/C7H10O.H2O/c1-3-5-7(4-2)6-8;/h3-5,8H,1-2,6H2;1H2/b7-5+;. The highest BCUT2D eigenvalue weighted by Crippen LogP contribution is 1.91. The Kier molecular flexibility index (Phi) is 8.73. The van der Waals surface area contributed by atoms with Gasteiger partial charge in [-0.3, -0.25) is 0 Å². The molecule has 0 aliphatic rings. The second-order valence-electron chi connectivity index (χ2n) is 1.34. The lowest BCUT2D eigenvalue weighted by Crippen LogP contribution is -1.82. The average molecular weight is 128 g/mol. The Morgan fingerprint density at radius 1 is 1.44 bits per heavy atom. The van der Waals surface area contributed by atoms with Gasteiger partial charge in [0.15, 0.2) is 0 Å². The molecule has 0 rings (SSSR count). The van der Waals surface area contributed by atoms with E-state index in [-0.39, 0.29) is 12.1 Å². The van der Waals surface area contributed by atoms with Crippen LogP contribution in [-0.4, -0.2) is 17.2 Å². The minimum atomic E-state index is 0. The molecule has 2 nitrogen and oxygen atoms in total. The van der Waals surface area contributed by atoms with Crippen molar-refractivity contribution in [3.8, 4) is 0 Å². The maximum absolute atomic E-state index is 8.47. The van der Waals surface area contributed by atoms with Crippen LogP contribution in [0.5, 0.6) is 0 Å². The van der Waals surface area contributed by atoms with Gasteiger partial charge in [0, 0.05) is 0 Å². The highest BCUT2D eigenvalue weighted by atomic mass is 16.3. The number of aliphatic hydroxyl groups excluding tert-OH is 1. The Hall–Kier alpha value is -0.860. The molecule has 0 aromatic rings. The number of allylic oxidation sites excluding steroid dienone is 2. The first-order valence-electron chi connectivity index (χ1n) is 2.40. The predicted octanol–water partition coefficient (Wildman–Crippen LogP) is 0.452. The number of hydrogen-bond acceptors (Lipinski definition) is 1. The van der Waals surface area contributed by atoms with Crippen molar-refractivity contribution in [3.63, 3.8) is 0 Å². The van der Waals surface area contributed by atoms with E-state index in [9.17, 15) is 0 Å². The molecule has 0 heterocycles. The van der Waals surface area contributed by atoms with Crippen LogP contribution < -0.4 is 0 Å². The summed E-state index contributed by atoms with van der Waals surface area (Å²) in [6.45, 7) is 6.97. The monoisotopic (exact) mass is 128 g/mol. The first-order chi connectivity index (χ1) is 3.85. The van der Waals surface area contributed by atoms with Crippen molar-refractivity contribution in [2.75, 3.05) is 6.61 Å². The lowest BCUT2D eigenvalue weighted by molar-refractivity contribution is 0.335. The lowest BCUT2D eigenvalue weighted by atomic mass is 10.2. The number of rotatable bonds is 3. The third kappa shape index (κ3) is 5.00. The molecule has 0 spiro atoms. The van der Waals surface area contributed by atoms with Crippen LogP contribution in [0.3, 0.4) is 0 Å². The highest BCUT2D eigenvalue weighted by Gasteiger charge is 1.80. The van der Waals surface area contributed by atoms with Gasteiger partial charge in [0.05, 0.1) is 6.61 Å². The van der Waals surface area contributed by atoms with Crippen molar-refractivity contribution < 1.29 is 10.6 Å². The van der Waals surface area contributed by atoms with Gasteiger partial charge in [0.2, 0.25) is 0 Å². The van der Waals surface area contributed by atoms with Crippen molar-refractivity contribution in [1.82, 2.24) is 0 Å². The lowest BCUT2D eigenvalue weighted by Gasteiger charge is -1.88. The van der Waals surface area contributed by atoms with E-state index in [2.05, 4.69) is 13.2 Å². The Balaban J connectivity index is 0. The summed E-state index contributed by atoms with van der Waals surface area (Å²) in [7, 11) is 0. The molecule has 0 saturated carbocycles. The van der Waals surface area contributed by atoms with E-state index in [0.717, 1.165) is 5.57 Å². The Labute approximate surface area is 55.1 Å². The van der Waals surface area contributed by atoms with E-state index in [1.807, 2.05) is 0 Å². The van der Waals surface area contributed by atoms with Crippen molar-refractivity contribution >= 4 is 0 Å². The summed E-state index contributed by atoms with van der Waals surface area (Å²) in [6, 6.07) is 0. The van der Waals surface area contributed by atoms with E-state index in [0.29, 0.717) is 0 Å². The molecule has 0 fully saturated rings. The third-order valence-electron chi connectivity index (χ3n) is 0.777. The van der Waals surface area contributed by atoms with E-state index in [4.69, 9.17) is 5.11 Å². The molecule has 0 amide bonds. The average Bonchev–Trinajstić information content (AvgIpc) is 1.83. The minimum Gasteiger partial charge on any atom is -0.412 e. The van der Waals surface area contributed by atoms with Gasteiger partial charge in [-0.05, 0) is 5.57 Å². The molecule has 52 valence electrons. The molecule has 0 atom stereocenters. The second-order valence-corrected chi connectivity index (χ2v) is 1.34. The maximum atomic E-state index is 8.47. The molecular weight excluding hydrogens is 116 g/mol. The van der Waals surface area contributed by atoms with Crippen LogP contribution in [0.2, 0.25) is 0 Å². The van der Waals surface area contributed by atoms with Crippen LogP contribution >= 0.6 is 0 Å². The zero-order chi connectivity index (χ0) is 6.41.